The average molecular weight is 294 g/mol. The molecule has 0 aliphatic carbocycles. The summed E-state index contributed by atoms with van der Waals surface area (Å²) in [7, 11) is 0. The molecule has 0 radical (unpaired) electrons. The number of carbonyl (C=O) groups excluding carboxylic acids is 1. The highest BCUT2D eigenvalue weighted by atomic mass is 16.5. The quantitative estimate of drug-likeness (QED) is 0.608. The molecule has 0 fully saturated rings. The van der Waals surface area contributed by atoms with Crippen LogP contribution in [-0.4, -0.2) is 41.3 Å². The molecule has 2 atom stereocenters. The Bertz CT molecular complexity index is 546. The zero-order valence-electron chi connectivity index (χ0n) is 11.6. The van der Waals surface area contributed by atoms with Gasteiger partial charge in [0.2, 0.25) is 0 Å². The van der Waals surface area contributed by atoms with Crippen molar-refractivity contribution < 1.29 is 24.5 Å². The molecule has 0 saturated heterocycles. The molecule has 4 N–H and O–H groups in total. The van der Waals surface area contributed by atoms with Gasteiger partial charge in [0.05, 0.1) is 18.2 Å². The first-order valence-electron chi connectivity index (χ1n) is 6.71. The summed E-state index contributed by atoms with van der Waals surface area (Å²) >= 11 is 0. The first-order chi connectivity index (χ1) is 10.0. The molecular weight excluding hydrogens is 276 g/mol. The minimum Gasteiger partial charge on any atom is -0.482 e. The largest absolute Gasteiger partial charge is 0.482 e. The van der Waals surface area contributed by atoms with Crippen LogP contribution in [0.25, 0.3) is 0 Å². The lowest BCUT2D eigenvalue weighted by atomic mass is 9.98. The molecule has 21 heavy (non-hydrogen) atoms. The number of rotatable bonds is 6. The van der Waals surface area contributed by atoms with Gasteiger partial charge in [-0.25, -0.2) is 0 Å². The van der Waals surface area contributed by atoms with Gasteiger partial charge in [-0.2, -0.15) is 0 Å². The van der Waals surface area contributed by atoms with Crippen LogP contribution in [-0.2, 0) is 9.59 Å². The number of anilines is 1. The lowest BCUT2D eigenvalue weighted by molar-refractivity contribution is -0.138. The summed E-state index contributed by atoms with van der Waals surface area (Å²) in [5.74, 6) is -0.721. The Hall–Kier alpha value is -2.12. The van der Waals surface area contributed by atoms with Gasteiger partial charge in [-0.05, 0) is 24.2 Å². The normalized spacial score (nSPS) is 16.4. The maximum Gasteiger partial charge on any atom is 0.305 e. The van der Waals surface area contributed by atoms with Gasteiger partial charge in [0.15, 0.2) is 6.61 Å². The average Bonchev–Trinajstić information content (AvgIpc) is 2.44. The van der Waals surface area contributed by atoms with Crippen LogP contribution in [0.2, 0.25) is 0 Å². The number of carboxylic acid groups (broad SMARTS) is 1. The van der Waals surface area contributed by atoms with E-state index in [0.29, 0.717) is 23.5 Å². The summed E-state index contributed by atoms with van der Waals surface area (Å²) in [6.45, 7) is 2.34. The van der Waals surface area contributed by atoms with E-state index < -0.39 is 18.1 Å². The third-order valence-corrected chi connectivity index (χ3v) is 3.22. The molecule has 2 rings (SSSR count). The number of nitrogens with one attached hydrogen (secondary N) is 2. The van der Waals surface area contributed by atoms with Crippen LogP contribution in [0.5, 0.6) is 5.75 Å². The second-order valence-electron chi connectivity index (χ2n) is 4.80. The number of aliphatic carboxylic acids is 1. The molecule has 0 bridgehead atoms. The molecule has 0 spiro atoms. The predicted molar refractivity (Wildman–Crippen MR) is 75.2 cm³/mol. The number of hydrogen-bond acceptors (Lipinski definition) is 5. The molecule has 1 aromatic rings. The van der Waals surface area contributed by atoms with E-state index in [1.807, 2.05) is 6.92 Å². The molecule has 7 heteroatoms. The van der Waals surface area contributed by atoms with Gasteiger partial charge < -0.3 is 25.6 Å². The third kappa shape index (κ3) is 3.71. The molecular formula is C14H18N2O5. The standard InChI is InChI=1S/C14H18N2O5/c1-2-15-10(6-13(18)19)14(20)8-3-4-11-9(5-8)16-12(17)7-21-11/h3-5,10,14-15,20H,2,6-7H2,1H3,(H,16,17)(H,18,19). The van der Waals surface area contributed by atoms with Gasteiger partial charge in [-0.3, -0.25) is 9.59 Å². The van der Waals surface area contributed by atoms with E-state index in [1.54, 1.807) is 18.2 Å². The Labute approximate surface area is 121 Å². The van der Waals surface area contributed by atoms with E-state index >= 15 is 0 Å². The van der Waals surface area contributed by atoms with Crippen molar-refractivity contribution >= 4 is 17.6 Å². The summed E-state index contributed by atoms with van der Waals surface area (Å²) in [5.41, 5.74) is 1.00. The number of ether oxygens (including phenoxy) is 1. The Morgan fingerprint density at radius 3 is 2.95 bits per heavy atom. The van der Waals surface area contributed by atoms with Crippen molar-refractivity contribution in [2.75, 3.05) is 18.5 Å². The van der Waals surface area contributed by atoms with Crippen molar-refractivity contribution in [1.29, 1.82) is 0 Å². The van der Waals surface area contributed by atoms with Crippen molar-refractivity contribution in [3.63, 3.8) is 0 Å². The van der Waals surface area contributed by atoms with Crippen molar-refractivity contribution in [2.24, 2.45) is 0 Å². The van der Waals surface area contributed by atoms with Crippen LogP contribution < -0.4 is 15.4 Å². The Balaban J connectivity index is 2.21. The molecule has 1 aliphatic heterocycles. The number of aliphatic hydroxyl groups is 1. The number of carbonyl (C=O) groups is 2. The zero-order chi connectivity index (χ0) is 15.4. The molecule has 0 aromatic heterocycles. The SMILES string of the molecule is CCNC(CC(=O)O)C(O)c1ccc2c(c1)NC(=O)CO2. The minimum absolute atomic E-state index is 0.0338. The summed E-state index contributed by atoms with van der Waals surface area (Å²) in [5, 5.41) is 24.9. The maximum absolute atomic E-state index is 11.3. The van der Waals surface area contributed by atoms with Crippen LogP contribution in [0.4, 0.5) is 5.69 Å². The predicted octanol–water partition coefficient (Wildman–Crippen LogP) is 0.504. The van der Waals surface area contributed by atoms with E-state index in [0.717, 1.165) is 0 Å². The molecule has 1 heterocycles. The van der Waals surface area contributed by atoms with Crippen LogP contribution in [0.15, 0.2) is 18.2 Å². The Morgan fingerprint density at radius 2 is 2.29 bits per heavy atom. The molecule has 1 aliphatic rings. The van der Waals surface area contributed by atoms with Gasteiger partial charge in [-0.15, -0.1) is 0 Å². The van der Waals surface area contributed by atoms with Crippen molar-refractivity contribution in [3.8, 4) is 5.75 Å². The first kappa shape index (κ1) is 15.3. The summed E-state index contributed by atoms with van der Waals surface area (Å²) in [6.07, 6.45) is -1.19. The zero-order valence-corrected chi connectivity index (χ0v) is 11.6. The second kappa shape index (κ2) is 6.55. The number of benzene rings is 1. The fraction of sp³-hybridized carbons (Fsp3) is 0.429. The van der Waals surface area contributed by atoms with Gasteiger partial charge >= 0.3 is 5.97 Å². The van der Waals surface area contributed by atoms with E-state index in [2.05, 4.69) is 10.6 Å². The van der Waals surface area contributed by atoms with Gasteiger partial charge in [-0.1, -0.05) is 13.0 Å². The number of fused-ring (bicyclic) bond motifs is 1. The summed E-state index contributed by atoms with van der Waals surface area (Å²) in [4.78, 5) is 22.2. The van der Waals surface area contributed by atoms with Gasteiger partial charge in [0, 0.05) is 6.04 Å². The van der Waals surface area contributed by atoms with Crippen LogP contribution >= 0.6 is 0 Å². The molecule has 2 unspecified atom stereocenters. The highest BCUT2D eigenvalue weighted by molar-refractivity contribution is 5.95. The lowest BCUT2D eigenvalue weighted by Gasteiger charge is -2.24. The molecule has 0 saturated carbocycles. The van der Waals surface area contributed by atoms with Gasteiger partial charge in [0.1, 0.15) is 5.75 Å². The van der Waals surface area contributed by atoms with E-state index in [1.165, 1.54) is 0 Å². The van der Waals surface area contributed by atoms with E-state index in [9.17, 15) is 14.7 Å². The molecule has 1 aromatic carbocycles. The minimum atomic E-state index is -0.995. The second-order valence-corrected chi connectivity index (χ2v) is 4.80. The number of carboxylic acids is 1. The molecule has 114 valence electrons. The molecule has 7 nitrogen and oxygen atoms in total. The third-order valence-electron chi connectivity index (χ3n) is 3.22. The topological polar surface area (TPSA) is 108 Å². The monoisotopic (exact) mass is 294 g/mol. The smallest absolute Gasteiger partial charge is 0.305 e. The van der Waals surface area contributed by atoms with Crippen LogP contribution in [0.3, 0.4) is 0 Å². The highest BCUT2D eigenvalue weighted by Gasteiger charge is 2.25. The van der Waals surface area contributed by atoms with Crippen molar-refractivity contribution in [1.82, 2.24) is 5.32 Å². The van der Waals surface area contributed by atoms with Crippen LogP contribution in [0, 0.1) is 0 Å². The Morgan fingerprint density at radius 1 is 1.52 bits per heavy atom. The number of aliphatic hydroxyl groups excluding tert-OH is 1. The van der Waals surface area contributed by atoms with Crippen molar-refractivity contribution in [2.45, 2.75) is 25.5 Å². The number of hydrogen-bond donors (Lipinski definition) is 4. The molecule has 1 amide bonds. The Kier molecular flexibility index (Phi) is 4.77. The van der Waals surface area contributed by atoms with E-state index in [4.69, 9.17) is 9.84 Å². The fourth-order valence-electron chi connectivity index (χ4n) is 2.26. The first-order valence-corrected chi connectivity index (χ1v) is 6.71. The fourth-order valence-corrected chi connectivity index (χ4v) is 2.26. The summed E-state index contributed by atoms with van der Waals surface area (Å²) in [6, 6.07) is 4.30. The lowest BCUT2D eigenvalue weighted by Crippen LogP contribution is -2.37. The van der Waals surface area contributed by atoms with Crippen LogP contribution in [0.1, 0.15) is 25.0 Å². The van der Waals surface area contributed by atoms with E-state index in [-0.39, 0.29) is 18.9 Å². The maximum atomic E-state index is 11.3. The van der Waals surface area contributed by atoms with Gasteiger partial charge in [0.25, 0.3) is 5.91 Å². The van der Waals surface area contributed by atoms with Crippen molar-refractivity contribution in [3.05, 3.63) is 23.8 Å². The number of amides is 1. The summed E-state index contributed by atoms with van der Waals surface area (Å²) < 4.78 is 5.24. The highest BCUT2D eigenvalue weighted by Crippen LogP contribution is 2.31. The number of likely N-dealkylation sites (N-methyl/N-ethyl adjacent to an activating group) is 1.